The van der Waals surface area contributed by atoms with Gasteiger partial charge in [-0.05, 0) is 37.6 Å². The number of pyridine rings is 1. The Morgan fingerprint density at radius 2 is 1.76 bits per heavy atom. The van der Waals surface area contributed by atoms with Crippen LogP contribution < -0.4 is 16.9 Å². The van der Waals surface area contributed by atoms with E-state index in [1.165, 1.54) is 12.3 Å². The molecule has 2 N–H and O–H groups in total. The SMILES string of the molecule is Cc1cc(N)n(N=Cc2c(C)c(=O)n(-c3ccccc3)n2C)c(=O)c1. The highest BCUT2D eigenvalue weighted by Gasteiger charge is 2.14. The second kappa shape index (κ2) is 6.27. The maximum atomic E-state index is 12.6. The summed E-state index contributed by atoms with van der Waals surface area (Å²) in [6.07, 6.45) is 1.48. The van der Waals surface area contributed by atoms with Crippen LogP contribution in [0.3, 0.4) is 0 Å². The predicted octanol–water partition coefficient (Wildman–Crippen LogP) is 1.42. The van der Waals surface area contributed by atoms with Crippen LogP contribution in [0, 0.1) is 13.8 Å². The summed E-state index contributed by atoms with van der Waals surface area (Å²) in [4.78, 5) is 24.6. The zero-order chi connectivity index (χ0) is 18.1. The molecule has 0 aliphatic rings. The van der Waals surface area contributed by atoms with Crippen LogP contribution in [0.1, 0.15) is 16.8 Å². The highest BCUT2D eigenvalue weighted by atomic mass is 16.1. The third kappa shape index (κ3) is 2.91. The quantitative estimate of drug-likeness (QED) is 0.733. The number of hydrogen-bond donors (Lipinski definition) is 1. The molecule has 1 aromatic carbocycles. The molecule has 0 aliphatic heterocycles. The molecule has 0 bridgehead atoms. The number of para-hydroxylation sites is 1. The molecule has 0 saturated heterocycles. The summed E-state index contributed by atoms with van der Waals surface area (Å²) in [5.74, 6) is 0.242. The third-order valence-electron chi connectivity index (χ3n) is 4.02. The minimum Gasteiger partial charge on any atom is -0.384 e. The van der Waals surface area contributed by atoms with Gasteiger partial charge in [0.05, 0.1) is 17.6 Å². The fraction of sp³-hybridized carbons (Fsp3) is 0.167. The third-order valence-corrected chi connectivity index (χ3v) is 4.02. The molecule has 0 radical (unpaired) electrons. The van der Waals surface area contributed by atoms with E-state index < -0.39 is 0 Å². The molecule has 3 aromatic rings. The maximum Gasteiger partial charge on any atom is 0.274 e. The second-order valence-electron chi connectivity index (χ2n) is 5.84. The van der Waals surface area contributed by atoms with Gasteiger partial charge >= 0.3 is 0 Å². The van der Waals surface area contributed by atoms with E-state index in [1.807, 2.05) is 30.3 Å². The summed E-state index contributed by atoms with van der Waals surface area (Å²) in [5.41, 5.74) is 8.06. The van der Waals surface area contributed by atoms with Gasteiger partial charge in [0.15, 0.2) is 0 Å². The first-order valence-electron chi connectivity index (χ1n) is 7.77. The lowest BCUT2D eigenvalue weighted by Gasteiger charge is -2.08. The van der Waals surface area contributed by atoms with Gasteiger partial charge in [-0.2, -0.15) is 9.78 Å². The summed E-state index contributed by atoms with van der Waals surface area (Å²) in [7, 11) is 1.77. The monoisotopic (exact) mass is 337 g/mol. The van der Waals surface area contributed by atoms with Crippen LogP contribution in [-0.4, -0.2) is 20.3 Å². The van der Waals surface area contributed by atoms with Crippen LogP contribution in [0.4, 0.5) is 5.82 Å². The van der Waals surface area contributed by atoms with Gasteiger partial charge in [-0.15, -0.1) is 0 Å². The second-order valence-corrected chi connectivity index (χ2v) is 5.84. The van der Waals surface area contributed by atoms with Gasteiger partial charge in [0.1, 0.15) is 5.82 Å². The Bertz CT molecular complexity index is 1070. The molecule has 0 fully saturated rings. The number of nitrogen functional groups attached to an aromatic ring is 1. The Morgan fingerprint density at radius 1 is 1.08 bits per heavy atom. The average Bonchev–Trinajstić information content (AvgIpc) is 2.78. The zero-order valence-electron chi connectivity index (χ0n) is 14.3. The van der Waals surface area contributed by atoms with Gasteiger partial charge in [-0.3, -0.25) is 14.3 Å². The lowest BCUT2D eigenvalue weighted by Crippen LogP contribution is -2.20. The molecule has 0 unspecified atom stereocenters. The lowest BCUT2D eigenvalue weighted by atomic mass is 10.3. The Balaban J connectivity index is 2.12. The first-order valence-corrected chi connectivity index (χ1v) is 7.77. The van der Waals surface area contributed by atoms with Gasteiger partial charge in [0.2, 0.25) is 0 Å². The first-order chi connectivity index (χ1) is 11.9. The topological polar surface area (TPSA) is 87.3 Å². The van der Waals surface area contributed by atoms with Crippen molar-refractivity contribution < 1.29 is 0 Å². The van der Waals surface area contributed by atoms with E-state index in [1.54, 1.807) is 36.3 Å². The number of anilines is 1. The first kappa shape index (κ1) is 16.5. The largest absolute Gasteiger partial charge is 0.384 e. The Morgan fingerprint density at radius 3 is 2.40 bits per heavy atom. The van der Waals surface area contributed by atoms with Crippen molar-refractivity contribution in [3.63, 3.8) is 0 Å². The fourth-order valence-electron chi connectivity index (χ4n) is 2.75. The molecule has 25 heavy (non-hydrogen) atoms. The molecule has 7 nitrogen and oxygen atoms in total. The smallest absolute Gasteiger partial charge is 0.274 e. The summed E-state index contributed by atoms with van der Waals surface area (Å²) in [5, 5.41) is 4.17. The number of aryl methyl sites for hydroxylation is 1. The minimum absolute atomic E-state index is 0.139. The van der Waals surface area contributed by atoms with Crippen molar-refractivity contribution in [1.82, 2.24) is 14.0 Å². The normalized spacial score (nSPS) is 11.3. The Kier molecular flexibility index (Phi) is 4.14. The van der Waals surface area contributed by atoms with Crippen LogP contribution >= 0.6 is 0 Å². The van der Waals surface area contributed by atoms with Crippen molar-refractivity contribution in [3.05, 3.63) is 80.0 Å². The average molecular weight is 337 g/mol. The van der Waals surface area contributed by atoms with Gasteiger partial charge in [-0.25, -0.2) is 4.68 Å². The number of nitrogens with two attached hydrogens (primary N) is 1. The van der Waals surface area contributed by atoms with Gasteiger partial charge < -0.3 is 5.73 Å². The maximum absolute atomic E-state index is 12.6. The Hall–Kier alpha value is -3.35. The standard InChI is InChI=1S/C18H19N5O2/c1-12-9-16(19)22(17(24)10-12)20-11-15-13(2)18(25)23(21(15)3)14-7-5-4-6-8-14/h4-11H,19H2,1-3H3. The number of nitrogens with zero attached hydrogens (tertiary/aromatic N) is 4. The minimum atomic E-state index is -0.320. The number of rotatable bonds is 3. The van der Waals surface area contributed by atoms with Gasteiger partial charge in [0, 0.05) is 18.7 Å². The summed E-state index contributed by atoms with van der Waals surface area (Å²) < 4.78 is 4.36. The van der Waals surface area contributed by atoms with Crippen molar-refractivity contribution in [3.8, 4) is 5.69 Å². The predicted molar refractivity (Wildman–Crippen MR) is 98.6 cm³/mol. The number of aromatic nitrogens is 3. The van der Waals surface area contributed by atoms with E-state index >= 15 is 0 Å². The van der Waals surface area contributed by atoms with Gasteiger partial charge in [0.25, 0.3) is 11.1 Å². The molecule has 2 aromatic heterocycles. The van der Waals surface area contributed by atoms with Crippen molar-refractivity contribution >= 4 is 12.0 Å². The number of hydrogen-bond acceptors (Lipinski definition) is 4. The molecule has 3 rings (SSSR count). The van der Waals surface area contributed by atoms with Gasteiger partial charge in [-0.1, -0.05) is 18.2 Å². The van der Waals surface area contributed by atoms with E-state index in [-0.39, 0.29) is 16.9 Å². The summed E-state index contributed by atoms with van der Waals surface area (Å²) >= 11 is 0. The molecule has 0 saturated carbocycles. The van der Waals surface area contributed by atoms with Crippen molar-refractivity contribution in [2.45, 2.75) is 13.8 Å². The van der Waals surface area contributed by atoms with Crippen LogP contribution in [0.15, 0.2) is 57.2 Å². The molecule has 128 valence electrons. The molecule has 0 aliphatic carbocycles. The van der Waals surface area contributed by atoms with E-state index in [2.05, 4.69) is 5.10 Å². The van der Waals surface area contributed by atoms with E-state index in [0.717, 1.165) is 15.9 Å². The lowest BCUT2D eigenvalue weighted by molar-refractivity contribution is 0.642. The molecule has 0 amide bonds. The van der Waals surface area contributed by atoms with Crippen LogP contribution in [-0.2, 0) is 7.05 Å². The molecular formula is C18H19N5O2. The molecule has 0 atom stereocenters. The molecule has 7 heteroatoms. The van der Waals surface area contributed by atoms with E-state index in [0.29, 0.717) is 11.3 Å². The van der Waals surface area contributed by atoms with Crippen molar-refractivity contribution in [2.75, 3.05) is 5.73 Å². The van der Waals surface area contributed by atoms with Crippen LogP contribution in [0.2, 0.25) is 0 Å². The molecule has 0 spiro atoms. The van der Waals surface area contributed by atoms with Crippen molar-refractivity contribution in [1.29, 1.82) is 0 Å². The van der Waals surface area contributed by atoms with Crippen LogP contribution in [0.5, 0.6) is 0 Å². The molecular weight excluding hydrogens is 318 g/mol. The summed E-state index contributed by atoms with van der Waals surface area (Å²) in [6.45, 7) is 3.52. The van der Waals surface area contributed by atoms with Crippen molar-refractivity contribution in [2.24, 2.45) is 12.1 Å². The highest BCUT2D eigenvalue weighted by Crippen LogP contribution is 2.09. The van der Waals surface area contributed by atoms with E-state index in [4.69, 9.17) is 5.73 Å². The van der Waals surface area contributed by atoms with Crippen LogP contribution in [0.25, 0.3) is 5.69 Å². The zero-order valence-corrected chi connectivity index (χ0v) is 14.3. The molecule has 2 heterocycles. The van der Waals surface area contributed by atoms with E-state index in [9.17, 15) is 9.59 Å². The Labute approximate surface area is 144 Å². The number of benzene rings is 1. The highest BCUT2D eigenvalue weighted by molar-refractivity contribution is 5.79. The fourth-order valence-corrected chi connectivity index (χ4v) is 2.75. The summed E-state index contributed by atoms with van der Waals surface area (Å²) in [6, 6.07) is 12.4.